The molecular formula is C7H10F2N2O. The molecule has 0 aliphatic carbocycles. The van der Waals surface area contributed by atoms with Gasteiger partial charge in [-0.25, -0.2) is 13.8 Å². The maximum absolute atomic E-state index is 12.1. The third kappa shape index (κ3) is 1.61. The van der Waals surface area contributed by atoms with Crippen LogP contribution in [-0.4, -0.2) is 4.98 Å². The summed E-state index contributed by atoms with van der Waals surface area (Å²) in [5, 5.41) is 0. The Bertz CT molecular complexity index is 270. The molecule has 5 heteroatoms. The van der Waals surface area contributed by atoms with Gasteiger partial charge in [0.2, 0.25) is 5.89 Å². The molecule has 0 saturated heterocycles. The summed E-state index contributed by atoms with van der Waals surface area (Å²) in [6.45, 7) is 3.09. The molecule has 0 saturated carbocycles. The topological polar surface area (TPSA) is 52.0 Å². The van der Waals surface area contributed by atoms with E-state index < -0.39 is 12.5 Å². The molecule has 1 rings (SSSR count). The molecule has 1 unspecified atom stereocenters. The van der Waals surface area contributed by atoms with Crippen LogP contribution in [0.2, 0.25) is 0 Å². The van der Waals surface area contributed by atoms with Crippen molar-refractivity contribution < 1.29 is 13.2 Å². The monoisotopic (exact) mass is 176 g/mol. The lowest BCUT2D eigenvalue weighted by atomic mass is 10.4. The van der Waals surface area contributed by atoms with Crippen molar-refractivity contribution in [1.82, 2.24) is 4.98 Å². The number of nitrogens with two attached hydrogens (primary N) is 1. The van der Waals surface area contributed by atoms with Crippen LogP contribution in [0.4, 0.5) is 8.78 Å². The molecule has 0 radical (unpaired) electrons. The zero-order valence-electron chi connectivity index (χ0n) is 6.84. The molecule has 1 aromatic rings. The van der Waals surface area contributed by atoms with Crippen LogP contribution in [0.3, 0.4) is 0 Å². The van der Waals surface area contributed by atoms with Crippen molar-refractivity contribution in [2.75, 3.05) is 0 Å². The van der Waals surface area contributed by atoms with Crippen LogP contribution in [0.1, 0.15) is 36.7 Å². The van der Waals surface area contributed by atoms with Crippen molar-refractivity contribution in [2.45, 2.75) is 26.3 Å². The maximum Gasteiger partial charge on any atom is 0.297 e. The van der Waals surface area contributed by atoms with Crippen LogP contribution in [0, 0.1) is 6.92 Å². The number of nitrogens with zero attached hydrogens (tertiary/aromatic N) is 1. The highest BCUT2D eigenvalue weighted by Crippen LogP contribution is 2.24. The van der Waals surface area contributed by atoms with E-state index in [1.54, 1.807) is 6.92 Å². The highest BCUT2D eigenvalue weighted by Gasteiger charge is 2.19. The first-order chi connectivity index (χ1) is 5.52. The SMILES string of the molecule is Cc1nc(C(C)N)oc1C(F)F. The number of aromatic nitrogens is 1. The minimum atomic E-state index is -2.62. The lowest BCUT2D eigenvalue weighted by Crippen LogP contribution is -2.04. The average molecular weight is 176 g/mol. The van der Waals surface area contributed by atoms with Gasteiger partial charge in [-0.3, -0.25) is 0 Å². The number of rotatable bonds is 2. The Morgan fingerprint density at radius 1 is 1.50 bits per heavy atom. The molecule has 1 heterocycles. The standard InChI is InChI=1S/C7H10F2N2O/c1-3(10)7-11-4(2)5(12-7)6(8)9/h3,6H,10H2,1-2H3. The molecule has 68 valence electrons. The first-order valence-electron chi connectivity index (χ1n) is 3.53. The van der Waals surface area contributed by atoms with Gasteiger partial charge in [-0.15, -0.1) is 0 Å². The van der Waals surface area contributed by atoms with Gasteiger partial charge in [0, 0.05) is 0 Å². The molecule has 0 bridgehead atoms. The van der Waals surface area contributed by atoms with Gasteiger partial charge in [0.25, 0.3) is 6.43 Å². The zero-order valence-corrected chi connectivity index (χ0v) is 6.84. The van der Waals surface area contributed by atoms with E-state index in [2.05, 4.69) is 4.98 Å². The van der Waals surface area contributed by atoms with E-state index in [0.29, 0.717) is 0 Å². The van der Waals surface area contributed by atoms with E-state index in [1.807, 2.05) is 0 Å². The Balaban J connectivity index is 3.00. The second-order valence-corrected chi connectivity index (χ2v) is 2.59. The summed E-state index contributed by atoms with van der Waals surface area (Å²) in [6, 6.07) is -0.448. The van der Waals surface area contributed by atoms with E-state index in [4.69, 9.17) is 10.2 Å². The Hall–Kier alpha value is -0.970. The molecule has 0 fully saturated rings. The zero-order chi connectivity index (χ0) is 9.30. The summed E-state index contributed by atoms with van der Waals surface area (Å²) in [6.07, 6.45) is -2.62. The van der Waals surface area contributed by atoms with Crippen LogP contribution < -0.4 is 5.73 Å². The fraction of sp³-hybridized carbons (Fsp3) is 0.571. The van der Waals surface area contributed by atoms with Gasteiger partial charge < -0.3 is 10.2 Å². The fourth-order valence-electron chi connectivity index (χ4n) is 0.827. The number of alkyl halides is 2. The van der Waals surface area contributed by atoms with Crippen LogP contribution in [0.5, 0.6) is 0 Å². The Morgan fingerprint density at radius 3 is 2.33 bits per heavy atom. The van der Waals surface area contributed by atoms with Crippen LogP contribution in [-0.2, 0) is 0 Å². The molecule has 12 heavy (non-hydrogen) atoms. The summed E-state index contributed by atoms with van der Waals surface area (Å²) in [7, 11) is 0. The summed E-state index contributed by atoms with van der Waals surface area (Å²) in [5.41, 5.74) is 5.60. The van der Waals surface area contributed by atoms with Crippen LogP contribution in [0.25, 0.3) is 0 Å². The van der Waals surface area contributed by atoms with E-state index in [9.17, 15) is 8.78 Å². The highest BCUT2D eigenvalue weighted by molar-refractivity contribution is 5.10. The van der Waals surface area contributed by atoms with E-state index in [-0.39, 0.29) is 17.3 Å². The van der Waals surface area contributed by atoms with Crippen molar-refractivity contribution in [3.63, 3.8) is 0 Å². The third-order valence-electron chi connectivity index (χ3n) is 1.44. The van der Waals surface area contributed by atoms with Crippen molar-refractivity contribution in [2.24, 2.45) is 5.73 Å². The minimum Gasteiger partial charge on any atom is -0.438 e. The molecule has 0 aliphatic heterocycles. The second-order valence-electron chi connectivity index (χ2n) is 2.59. The highest BCUT2D eigenvalue weighted by atomic mass is 19.3. The van der Waals surface area contributed by atoms with E-state index >= 15 is 0 Å². The summed E-state index contributed by atoms with van der Waals surface area (Å²) in [4.78, 5) is 3.76. The quantitative estimate of drug-likeness (QED) is 0.749. The van der Waals surface area contributed by atoms with Gasteiger partial charge in [-0.05, 0) is 13.8 Å². The molecule has 1 aromatic heterocycles. The summed E-state index contributed by atoms with van der Waals surface area (Å²) < 4.78 is 29.0. The van der Waals surface area contributed by atoms with Gasteiger partial charge in [-0.1, -0.05) is 0 Å². The number of hydrogen-bond donors (Lipinski definition) is 1. The van der Waals surface area contributed by atoms with Crippen molar-refractivity contribution >= 4 is 0 Å². The van der Waals surface area contributed by atoms with Gasteiger partial charge >= 0.3 is 0 Å². The van der Waals surface area contributed by atoms with Gasteiger partial charge in [0.15, 0.2) is 5.76 Å². The average Bonchev–Trinajstić information content (AvgIpc) is 2.30. The van der Waals surface area contributed by atoms with Crippen molar-refractivity contribution in [1.29, 1.82) is 0 Å². The smallest absolute Gasteiger partial charge is 0.297 e. The second kappa shape index (κ2) is 3.18. The lowest BCUT2D eigenvalue weighted by Gasteiger charge is -1.96. The Morgan fingerprint density at radius 2 is 2.08 bits per heavy atom. The number of oxazole rings is 1. The predicted molar refractivity (Wildman–Crippen MR) is 38.8 cm³/mol. The lowest BCUT2D eigenvalue weighted by molar-refractivity contribution is 0.118. The molecule has 3 nitrogen and oxygen atoms in total. The largest absolute Gasteiger partial charge is 0.438 e. The Kier molecular flexibility index (Phi) is 2.42. The van der Waals surface area contributed by atoms with Crippen LogP contribution >= 0.6 is 0 Å². The van der Waals surface area contributed by atoms with Gasteiger partial charge in [0.05, 0.1) is 11.7 Å². The van der Waals surface area contributed by atoms with E-state index in [1.165, 1.54) is 6.92 Å². The Labute approximate surface area is 68.6 Å². The minimum absolute atomic E-state index is 0.155. The summed E-state index contributed by atoms with van der Waals surface area (Å²) in [5.74, 6) is -0.231. The van der Waals surface area contributed by atoms with Gasteiger partial charge in [-0.2, -0.15) is 0 Å². The third-order valence-corrected chi connectivity index (χ3v) is 1.44. The van der Waals surface area contributed by atoms with Gasteiger partial charge in [0.1, 0.15) is 0 Å². The van der Waals surface area contributed by atoms with Crippen molar-refractivity contribution in [3.8, 4) is 0 Å². The molecule has 0 spiro atoms. The molecule has 2 N–H and O–H groups in total. The molecule has 0 aliphatic rings. The molecular weight excluding hydrogens is 166 g/mol. The van der Waals surface area contributed by atoms with Crippen molar-refractivity contribution in [3.05, 3.63) is 17.3 Å². The number of halogens is 2. The first-order valence-corrected chi connectivity index (χ1v) is 3.53. The predicted octanol–water partition coefficient (Wildman–Crippen LogP) is 1.94. The molecule has 0 amide bonds. The van der Waals surface area contributed by atoms with Crippen LogP contribution in [0.15, 0.2) is 4.42 Å². The fourth-order valence-corrected chi connectivity index (χ4v) is 0.827. The molecule has 1 atom stereocenters. The first kappa shape index (κ1) is 9.12. The number of hydrogen-bond acceptors (Lipinski definition) is 3. The van der Waals surface area contributed by atoms with E-state index in [0.717, 1.165) is 0 Å². The maximum atomic E-state index is 12.1. The molecule has 0 aromatic carbocycles. The normalized spacial score (nSPS) is 13.8. The summed E-state index contributed by atoms with van der Waals surface area (Å²) >= 11 is 0. The number of aryl methyl sites for hydroxylation is 1.